The van der Waals surface area contributed by atoms with E-state index in [9.17, 15) is 18.3 Å². The van der Waals surface area contributed by atoms with Crippen LogP contribution >= 0.6 is 12.4 Å². The van der Waals surface area contributed by atoms with Gasteiger partial charge in [0.25, 0.3) is 0 Å². The lowest BCUT2D eigenvalue weighted by Gasteiger charge is -2.32. The summed E-state index contributed by atoms with van der Waals surface area (Å²) in [5.74, 6) is -0.484. The number of aromatic nitrogens is 3. The Hall–Kier alpha value is -2.36. The number of aromatic hydroxyl groups is 1. The van der Waals surface area contributed by atoms with E-state index in [1.165, 1.54) is 6.07 Å². The molecule has 3 heterocycles. The Morgan fingerprint density at radius 1 is 1.26 bits per heavy atom. The predicted octanol–water partition coefficient (Wildman–Crippen LogP) is 4.35. The van der Waals surface area contributed by atoms with Gasteiger partial charge in [-0.2, -0.15) is 18.3 Å². The van der Waals surface area contributed by atoms with Crippen LogP contribution in [0.4, 0.5) is 13.2 Å². The molecule has 31 heavy (non-hydrogen) atoms. The third-order valence-corrected chi connectivity index (χ3v) is 5.66. The SMILES string of the molecule is CCN1CCC[C@H](NCc2nnc(-c3ccc(C(F)(F)F)cc3O)c3[nH]ccc23)C1.Cl. The number of halogens is 4. The number of fused-ring (bicyclic) bond motifs is 1. The highest BCUT2D eigenvalue weighted by Gasteiger charge is 2.31. The number of likely N-dealkylation sites (tertiary alicyclic amines) is 1. The number of piperidine rings is 1. The maximum atomic E-state index is 12.9. The number of phenolic OH excluding ortho intramolecular Hbond substituents is 1. The minimum absolute atomic E-state index is 0. The Morgan fingerprint density at radius 2 is 2.06 bits per heavy atom. The molecule has 0 amide bonds. The third-order valence-electron chi connectivity index (χ3n) is 5.66. The topological polar surface area (TPSA) is 77.1 Å². The van der Waals surface area contributed by atoms with Crippen LogP contribution in [0.3, 0.4) is 0 Å². The number of likely N-dealkylation sites (N-methyl/N-ethyl adjacent to an activating group) is 1. The van der Waals surface area contributed by atoms with Gasteiger partial charge in [-0.25, -0.2) is 0 Å². The molecule has 1 fully saturated rings. The molecule has 3 aromatic rings. The van der Waals surface area contributed by atoms with Crippen molar-refractivity contribution in [1.29, 1.82) is 0 Å². The zero-order valence-electron chi connectivity index (χ0n) is 17.0. The number of H-pyrrole nitrogens is 1. The molecule has 168 valence electrons. The lowest BCUT2D eigenvalue weighted by Crippen LogP contribution is -2.45. The van der Waals surface area contributed by atoms with Crippen molar-refractivity contribution in [1.82, 2.24) is 25.4 Å². The molecule has 1 aromatic carbocycles. The van der Waals surface area contributed by atoms with Gasteiger partial charge in [0.1, 0.15) is 11.4 Å². The van der Waals surface area contributed by atoms with Crippen molar-refractivity contribution in [3.63, 3.8) is 0 Å². The summed E-state index contributed by atoms with van der Waals surface area (Å²) in [7, 11) is 0. The molecule has 1 atom stereocenters. The van der Waals surface area contributed by atoms with Gasteiger partial charge >= 0.3 is 6.18 Å². The highest BCUT2D eigenvalue weighted by molar-refractivity contribution is 5.94. The number of aromatic amines is 1. The lowest BCUT2D eigenvalue weighted by molar-refractivity contribution is -0.137. The minimum atomic E-state index is -4.52. The van der Waals surface area contributed by atoms with E-state index >= 15 is 0 Å². The second kappa shape index (κ2) is 9.42. The average Bonchev–Trinajstić information content (AvgIpc) is 3.22. The molecular formula is C21H25ClF3N5O. The first-order chi connectivity index (χ1) is 14.4. The summed E-state index contributed by atoms with van der Waals surface area (Å²) in [6, 6.07) is 5.12. The summed E-state index contributed by atoms with van der Waals surface area (Å²) in [6.07, 6.45) is -0.520. The van der Waals surface area contributed by atoms with Crippen LogP contribution in [0.2, 0.25) is 0 Å². The van der Waals surface area contributed by atoms with Crippen LogP contribution in [-0.4, -0.2) is 50.9 Å². The van der Waals surface area contributed by atoms with E-state index in [0.29, 0.717) is 29.9 Å². The Morgan fingerprint density at radius 3 is 2.77 bits per heavy atom. The smallest absolute Gasteiger partial charge is 0.416 e. The average molecular weight is 456 g/mol. The first-order valence-electron chi connectivity index (χ1n) is 10.1. The van der Waals surface area contributed by atoms with Crippen LogP contribution in [0.1, 0.15) is 31.0 Å². The van der Waals surface area contributed by atoms with E-state index in [4.69, 9.17) is 0 Å². The van der Waals surface area contributed by atoms with Crippen molar-refractivity contribution in [3.05, 3.63) is 41.7 Å². The van der Waals surface area contributed by atoms with Crippen LogP contribution in [0.25, 0.3) is 22.2 Å². The summed E-state index contributed by atoms with van der Waals surface area (Å²) in [6.45, 7) is 5.86. The zero-order valence-corrected chi connectivity index (χ0v) is 17.9. The van der Waals surface area contributed by atoms with Crippen LogP contribution in [0.15, 0.2) is 30.5 Å². The molecular weight excluding hydrogens is 431 g/mol. The summed E-state index contributed by atoms with van der Waals surface area (Å²) in [5, 5.41) is 23.1. The summed E-state index contributed by atoms with van der Waals surface area (Å²) < 4.78 is 38.7. The normalized spacial score (nSPS) is 17.6. The molecule has 1 saturated heterocycles. The minimum Gasteiger partial charge on any atom is -0.507 e. The number of benzene rings is 1. The van der Waals surface area contributed by atoms with Crippen LogP contribution in [0.5, 0.6) is 5.75 Å². The Bertz CT molecular complexity index is 1040. The van der Waals surface area contributed by atoms with Gasteiger partial charge in [-0.1, -0.05) is 6.92 Å². The maximum absolute atomic E-state index is 12.9. The molecule has 10 heteroatoms. The number of nitrogens with one attached hydrogen (secondary N) is 2. The fourth-order valence-electron chi connectivity index (χ4n) is 4.00. The highest BCUT2D eigenvalue weighted by Crippen LogP contribution is 2.37. The number of alkyl halides is 3. The zero-order chi connectivity index (χ0) is 21.3. The van der Waals surface area contributed by atoms with E-state index in [-0.39, 0.29) is 18.0 Å². The standard InChI is InChI=1S/C21H24F3N5O.ClH/c1-2-29-9-3-4-14(12-29)26-11-17-15-7-8-25-19(15)20(28-27-17)16-6-5-13(10-18(16)30)21(22,23)24;/h5-8,10,14,25-26,30H,2-4,9,11-12H2,1H3;1H/t14-;/m0./s1. The predicted molar refractivity (Wildman–Crippen MR) is 115 cm³/mol. The van der Waals surface area contributed by atoms with E-state index in [0.717, 1.165) is 49.6 Å². The van der Waals surface area contributed by atoms with Crippen molar-refractivity contribution in [3.8, 4) is 17.0 Å². The fourth-order valence-corrected chi connectivity index (χ4v) is 4.00. The van der Waals surface area contributed by atoms with Crippen molar-refractivity contribution in [2.24, 2.45) is 0 Å². The van der Waals surface area contributed by atoms with Crippen molar-refractivity contribution >= 4 is 23.3 Å². The van der Waals surface area contributed by atoms with Crippen molar-refractivity contribution < 1.29 is 18.3 Å². The lowest BCUT2D eigenvalue weighted by atomic mass is 10.0. The Labute approximate surface area is 184 Å². The number of phenols is 1. The maximum Gasteiger partial charge on any atom is 0.416 e. The number of hydrogen-bond acceptors (Lipinski definition) is 5. The van der Waals surface area contributed by atoms with Gasteiger partial charge in [-0.3, -0.25) is 0 Å². The monoisotopic (exact) mass is 455 g/mol. The van der Waals surface area contributed by atoms with Crippen LogP contribution < -0.4 is 5.32 Å². The Kier molecular flexibility index (Phi) is 7.08. The molecule has 3 N–H and O–H groups in total. The molecule has 0 radical (unpaired) electrons. The molecule has 0 spiro atoms. The molecule has 4 rings (SSSR count). The second-order valence-corrected chi connectivity index (χ2v) is 7.60. The molecule has 0 aliphatic carbocycles. The van der Waals surface area contributed by atoms with Crippen molar-refractivity contribution in [2.45, 2.75) is 38.5 Å². The van der Waals surface area contributed by atoms with Crippen LogP contribution in [0, 0.1) is 0 Å². The van der Waals surface area contributed by atoms with E-state index in [2.05, 4.69) is 32.3 Å². The summed E-state index contributed by atoms with van der Waals surface area (Å²) >= 11 is 0. The molecule has 1 aliphatic heterocycles. The van der Waals surface area contributed by atoms with E-state index < -0.39 is 17.5 Å². The largest absolute Gasteiger partial charge is 0.507 e. The number of nitrogens with zero attached hydrogens (tertiary/aromatic N) is 3. The van der Waals surface area contributed by atoms with E-state index in [1.54, 1.807) is 6.20 Å². The second-order valence-electron chi connectivity index (χ2n) is 7.60. The molecule has 2 aromatic heterocycles. The summed E-state index contributed by atoms with van der Waals surface area (Å²) in [5.41, 5.74) is 1.01. The quantitative estimate of drug-likeness (QED) is 0.533. The van der Waals surface area contributed by atoms with Gasteiger partial charge in [0, 0.05) is 36.3 Å². The highest BCUT2D eigenvalue weighted by atomic mass is 35.5. The van der Waals surface area contributed by atoms with Gasteiger partial charge in [-0.05, 0) is 50.2 Å². The molecule has 0 saturated carbocycles. The van der Waals surface area contributed by atoms with Gasteiger partial charge in [-0.15, -0.1) is 17.5 Å². The Balaban J connectivity index is 0.00000272. The molecule has 0 unspecified atom stereocenters. The van der Waals surface area contributed by atoms with Gasteiger partial charge in [0.15, 0.2) is 0 Å². The summed E-state index contributed by atoms with van der Waals surface area (Å²) in [4.78, 5) is 5.49. The van der Waals surface area contributed by atoms with Gasteiger partial charge in [0.05, 0.1) is 16.8 Å². The number of hydrogen-bond donors (Lipinski definition) is 3. The first kappa shape index (κ1) is 23.3. The van der Waals surface area contributed by atoms with Crippen LogP contribution in [-0.2, 0) is 12.7 Å². The van der Waals surface area contributed by atoms with Gasteiger partial charge < -0.3 is 20.3 Å². The van der Waals surface area contributed by atoms with Crippen molar-refractivity contribution in [2.75, 3.05) is 19.6 Å². The molecule has 1 aliphatic rings. The first-order valence-corrected chi connectivity index (χ1v) is 10.1. The van der Waals surface area contributed by atoms with Gasteiger partial charge in [0.2, 0.25) is 0 Å². The molecule has 6 nitrogen and oxygen atoms in total. The third kappa shape index (κ3) is 4.94. The van der Waals surface area contributed by atoms with E-state index in [1.807, 2.05) is 6.07 Å². The number of rotatable bonds is 5. The molecule has 0 bridgehead atoms. The fraction of sp³-hybridized carbons (Fsp3) is 0.429.